The molecule has 0 aliphatic heterocycles. The Balaban J connectivity index is 2.26. The van der Waals surface area contributed by atoms with Gasteiger partial charge in [-0.1, -0.05) is 0 Å². The summed E-state index contributed by atoms with van der Waals surface area (Å²) in [5.41, 5.74) is 3.39. The molecule has 2 heterocycles. The van der Waals surface area contributed by atoms with Crippen LogP contribution in [0, 0.1) is 0 Å². The van der Waals surface area contributed by atoms with Gasteiger partial charge in [0.15, 0.2) is 0 Å². The third-order valence-corrected chi connectivity index (χ3v) is 3.76. The smallest absolute Gasteiger partial charge is 0.410 e. The molecule has 0 aliphatic rings. The van der Waals surface area contributed by atoms with Crippen molar-refractivity contribution in [1.82, 2.24) is 9.97 Å². The first-order valence-corrected chi connectivity index (χ1v) is 8.72. The van der Waals surface area contributed by atoms with E-state index in [-0.39, 0.29) is 30.3 Å². The van der Waals surface area contributed by atoms with Crippen LogP contribution in [0.25, 0.3) is 11.3 Å². The molecule has 0 aromatic carbocycles. The molecule has 4 N–H and O–H groups in total. The lowest BCUT2D eigenvalue weighted by Gasteiger charge is -2.30. The summed E-state index contributed by atoms with van der Waals surface area (Å²) in [5, 5.41) is 10.8. The van der Waals surface area contributed by atoms with E-state index >= 15 is 0 Å². The number of halogens is 3. The molecule has 0 fully saturated rings. The summed E-state index contributed by atoms with van der Waals surface area (Å²) in [7, 11) is 0. The first-order valence-electron chi connectivity index (χ1n) is 8.72. The molecule has 0 unspecified atom stereocenters. The van der Waals surface area contributed by atoms with Gasteiger partial charge in [-0.15, -0.1) is 0 Å². The Labute approximate surface area is 166 Å². The van der Waals surface area contributed by atoms with Crippen molar-refractivity contribution in [3.05, 3.63) is 36.2 Å². The van der Waals surface area contributed by atoms with Gasteiger partial charge >= 0.3 is 6.09 Å². The van der Waals surface area contributed by atoms with Crippen molar-refractivity contribution >= 4 is 11.9 Å². The standard InChI is InChI=1S/C19H23F3N4O3/c1-18(2,22)9-19(3,23)10-29-13-5-4-12(25-15(13)16(20)21)11-6-7-24-14(8-11)26-17(27)28/h4-8,16H,9-10,23H2,1-3H3,(H,24,26)(H,27,28)/t19-/m0/s1. The summed E-state index contributed by atoms with van der Waals surface area (Å²) in [6.07, 6.45) is -2.93. The van der Waals surface area contributed by atoms with Gasteiger partial charge < -0.3 is 15.6 Å². The second kappa shape index (κ2) is 8.64. The molecule has 0 radical (unpaired) electrons. The Morgan fingerprint density at radius 1 is 1.31 bits per heavy atom. The Morgan fingerprint density at radius 2 is 2.00 bits per heavy atom. The van der Waals surface area contributed by atoms with E-state index in [1.165, 1.54) is 44.3 Å². The molecule has 2 rings (SSSR count). The van der Waals surface area contributed by atoms with E-state index in [2.05, 4.69) is 15.3 Å². The van der Waals surface area contributed by atoms with Crippen LogP contribution in [0.15, 0.2) is 30.5 Å². The lowest BCUT2D eigenvalue weighted by atomic mass is 9.91. The van der Waals surface area contributed by atoms with Crippen LogP contribution in [0.5, 0.6) is 5.75 Å². The molecule has 0 spiro atoms. The number of nitrogens with zero attached hydrogens (tertiary/aromatic N) is 2. The third-order valence-electron chi connectivity index (χ3n) is 3.76. The fourth-order valence-electron chi connectivity index (χ4n) is 2.92. The zero-order valence-corrected chi connectivity index (χ0v) is 16.2. The average molecular weight is 412 g/mol. The molecular weight excluding hydrogens is 389 g/mol. The van der Waals surface area contributed by atoms with E-state index in [4.69, 9.17) is 15.6 Å². The highest BCUT2D eigenvalue weighted by molar-refractivity contribution is 5.82. The minimum absolute atomic E-state index is 0.0219. The quantitative estimate of drug-likeness (QED) is 0.593. The molecular formula is C19H23F3N4O3. The molecule has 29 heavy (non-hydrogen) atoms. The van der Waals surface area contributed by atoms with Gasteiger partial charge in [0.1, 0.15) is 29.5 Å². The highest BCUT2D eigenvalue weighted by atomic mass is 19.3. The molecule has 158 valence electrons. The molecule has 10 heteroatoms. The Morgan fingerprint density at radius 3 is 2.59 bits per heavy atom. The zero-order chi connectivity index (χ0) is 21.8. The van der Waals surface area contributed by atoms with Crippen LogP contribution in [-0.2, 0) is 0 Å². The Bertz CT molecular complexity index is 870. The van der Waals surface area contributed by atoms with Crippen LogP contribution in [0.3, 0.4) is 0 Å². The molecule has 2 aromatic heterocycles. The van der Waals surface area contributed by atoms with Crippen LogP contribution >= 0.6 is 0 Å². The summed E-state index contributed by atoms with van der Waals surface area (Å²) in [4.78, 5) is 18.5. The maximum atomic E-state index is 13.9. The molecule has 1 atom stereocenters. The lowest BCUT2D eigenvalue weighted by Crippen LogP contribution is -2.46. The van der Waals surface area contributed by atoms with Gasteiger partial charge in [-0.05, 0) is 45.0 Å². The van der Waals surface area contributed by atoms with E-state index < -0.39 is 29.4 Å². The first-order chi connectivity index (χ1) is 13.4. The molecule has 2 aromatic rings. The van der Waals surface area contributed by atoms with Crippen molar-refractivity contribution < 1.29 is 27.8 Å². The maximum Gasteiger partial charge on any atom is 0.410 e. The SMILES string of the molecule is CC(C)(F)C[C@](C)(N)COc1ccc(-c2ccnc(NC(=O)O)c2)nc1C(F)F. The number of hydrogen-bond donors (Lipinski definition) is 3. The molecule has 7 nitrogen and oxygen atoms in total. The molecule has 0 bridgehead atoms. The number of nitrogens with one attached hydrogen (secondary N) is 1. The highest BCUT2D eigenvalue weighted by Gasteiger charge is 2.30. The highest BCUT2D eigenvalue weighted by Crippen LogP contribution is 2.32. The fraction of sp³-hybridized carbons (Fsp3) is 0.421. The van der Waals surface area contributed by atoms with Crippen molar-refractivity contribution in [1.29, 1.82) is 0 Å². The number of aromatic nitrogens is 2. The van der Waals surface area contributed by atoms with Crippen molar-refractivity contribution in [2.24, 2.45) is 5.73 Å². The van der Waals surface area contributed by atoms with E-state index in [0.717, 1.165) is 0 Å². The van der Waals surface area contributed by atoms with Crippen LogP contribution in [0.2, 0.25) is 0 Å². The number of carboxylic acid groups (broad SMARTS) is 1. The van der Waals surface area contributed by atoms with Gasteiger partial charge in [0.05, 0.1) is 11.2 Å². The molecule has 0 aliphatic carbocycles. The van der Waals surface area contributed by atoms with Crippen molar-refractivity contribution in [2.75, 3.05) is 11.9 Å². The van der Waals surface area contributed by atoms with Gasteiger partial charge in [-0.25, -0.2) is 27.9 Å². The van der Waals surface area contributed by atoms with E-state index in [9.17, 15) is 18.0 Å². The van der Waals surface area contributed by atoms with Gasteiger partial charge in [0.25, 0.3) is 6.43 Å². The number of amides is 1. The summed E-state index contributed by atoms with van der Waals surface area (Å²) < 4.78 is 46.4. The van der Waals surface area contributed by atoms with E-state index in [1.54, 1.807) is 6.92 Å². The summed E-state index contributed by atoms with van der Waals surface area (Å²) in [5.74, 6) is -0.126. The number of pyridine rings is 2. The van der Waals surface area contributed by atoms with Crippen molar-refractivity contribution in [2.45, 2.75) is 44.8 Å². The number of nitrogens with two attached hydrogens (primary N) is 1. The number of alkyl halides is 3. The molecule has 1 amide bonds. The predicted molar refractivity (Wildman–Crippen MR) is 102 cm³/mol. The zero-order valence-electron chi connectivity index (χ0n) is 16.2. The van der Waals surface area contributed by atoms with Crippen LogP contribution in [0.4, 0.5) is 23.8 Å². The Kier molecular flexibility index (Phi) is 6.68. The van der Waals surface area contributed by atoms with Gasteiger partial charge in [0, 0.05) is 18.2 Å². The Hall–Kier alpha value is -2.88. The van der Waals surface area contributed by atoms with Gasteiger partial charge in [-0.3, -0.25) is 5.32 Å². The summed E-state index contributed by atoms with van der Waals surface area (Å²) in [6, 6.07) is 5.65. The second-order valence-electron chi connectivity index (χ2n) is 7.58. The van der Waals surface area contributed by atoms with Crippen molar-refractivity contribution in [3.8, 4) is 17.0 Å². The van der Waals surface area contributed by atoms with E-state index in [0.29, 0.717) is 5.56 Å². The van der Waals surface area contributed by atoms with E-state index in [1.807, 2.05) is 0 Å². The van der Waals surface area contributed by atoms with Crippen LogP contribution in [0.1, 0.15) is 39.3 Å². The minimum Gasteiger partial charge on any atom is -0.490 e. The minimum atomic E-state index is -2.93. The van der Waals surface area contributed by atoms with Crippen LogP contribution < -0.4 is 15.8 Å². The van der Waals surface area contributed by atoms with Crippen molar-refractivity contribution in [3.63, 3.8) is 0 Å². The number of hydrogen-bond acceptors (Lipinski definition) is 5. The monoisotopic (exact) mass is 412 g/mol. The number of carbonyl (C=O) groups is 1. The average Bonchev–Trinajstić information content (AvgIpc) is 2.57. The lowest BCUT2D eigenvalue weighted by molar-refractivity contribution is 0.115. The summed E-state index contributed by atoms with van der Waals surface area (Å²) >= 11 is 0. The van der Waals surface area contributed by atoms with Gasteiger partial charge in [-0.2, -0.15) is 0 Å². The molecule has 0 saturated heterocycles. The largest absolute Gasteiger partial charge is 0.490 e. The molecule has 0 saturated carbocycles. The predicted octanol–water partition coefficient (Wildman–Crippen LogP) is 4.41. The maximum absolute atomic E-state index is 13.9. The number of rotatable bonds is 8. The fourth-order valence-corrected chi connectivity index (χ4v) is 2.92. The normalized spacial score (nSPS) is 13.8. The van der Waals surface area contributed by atoms with Crippen LogP contribution in [-0.4, -0.2) is 39.0 Å². The first kappa shape index (κ1) is 22.4. The topological polar surface area (TPSA) is 110 Å². The van der Waals surface area contributed by atoms with Gasteiger partial charge in [0.2, 0.25) is 0 Å². The number of ether oxygens (including phenoxy) is 1. The number of anilines is 1. The summed E-state index contributed by atoms with van der Waals surface area (Å²) in [6.45, 7) is 4.15. The second-order valence-corrected chi connectivity index (χ2v) is 7.58. The third kappa shape index (κ3) is 6.90.